The van der Waals surface area contributed by atoms with E-state index < -0.39 is 5.41 Å². The molecule has 0 N–H and O–H groups in total. The van der Waals surface area contributed by atoms with Gasteiger partial charge in [-0.15, -0.1) is 0 Å². The highest BCUT2D eigenvalue weighted by atomic mass is 16.6. The normalized spacial score (nSPS) is 12.8. The van der Waals surface area contributed by atoms with Crippen LogP contribution >= 0.6 is 0 Å². The number of hydrogen-bond donors (Lipinski definition) is 0. The molecule has 0 aromatic heterocycles. The molecule has 0 unspecified atom stereocenters. The van der Waals surface area contributed by atoms with Gasteiger partial charge < -0.3 is 19.3 Å². The lowest BCUT2D eigenvalue weighted by atomic mass is 9.70. The van der Waals surface area contributed by atoms with Gasteiger partial charge in [0.1, 0.15) is 0 Å². The number of anilines is 6. The Morgan fingerprint density at radius 3 is 0.944 bits per heavy atom. The van der Waals surface area contributed by atoms with Gasteiger partial charge in [0.05, 0.1) is 16.8 Å². The monoisotopic (exact) mass is 908 g/mol. The number of ether oxygens (including phenoxy) is 2. The second-order valence-electron chi connectivity index (χ2n) is 18.3. The average Bonchev–Trinajstić information content (AvgIpc) is 3.92. The minimum atomic E-state index is -0.543. The van der Waals surface area contributed by atoms with Gasteiger partial charge in [-0.2, -0.15) is 0 Å². The molecule has 2 aliphatic carbocycles. The topological polar surface area (TPSA) is 24.9 Å². The second-order valence-corrected chi connectivity index (χ2v) is 18.3. The Morgan fingerprint density at radius 1 is 0.239 bits per heavy atom. The van der Waals surface area contributed by atoms with Gasteiger partial charge in [-0.3, -0.25) is 0 Å². The highest BCUT2D eigenvalue weighted by Gasteiger charge is 2.52. The largest absolute Gasteiger partial charge is 0.449 e. The molecule has 4 heteroatoms. The maximum atomic E-state index is 7.59. The van der Waals surface area contributed by atoms with Crippen LogP contribution in [0, 0.1) is 0 Å². The number of benzene rings is 11. The smallest absolute Gasteiger partial charge is 0.178 e. The summed E-state index contributed by atoms with van der Waals surface area (Å²) in [4.78, 5) is 4.64. The Balaban J connectivity index is 1.02. The van der Waals surface area contributed by atoms with Crippen LogP contribution in [0.3, 0.4) is 0 Å². The lowest BCUT2D eigenvalue weighted by Gasteiger charge is -2.32. The van der Waals surface area contributed by atoms with Gasteiger partial charge in [-0.25, -0.2) is 0 Å². The molecule has 0 amide bonds. The fourth-order valence-corrected chi connectivity index (χ4v) is 11.6. The van der Waals surface area contributed by atoms with Gasteiger partial charge in [0.25, 0.3) is 0 Å². The Kier molecular flexibility index (Phi) is 9.39. The van der Waals surface area contributed by atoms with Crippen molar-refractivity contribution in [1.29, 1.82) is 0 Å². The van der Waals surface area contributed by atoms with Crippen molar-refractivity contribution in [2.45, 2.75) is 5.41 Å². The van der Waals surface area contributed by atoms with E-state index in [-0.39, 0.29) is 0 Å². The first-order valence-electron chi connectivity index (χ1n) is 24.3. The highest BCUT2D eigenvalue weighted by molar-refractivity contribution is 5.99. The molecule has 0 saturated carbocycles. The van der Waals surface area contributed by atoms with Gasteiger partial charge in [-0.1, -0.05) is 182 Å². The molecule has 0 atom stereocenters. The van der Waals surface area contributed by atoms with Crippen molar-refractivity contribution in [2.75, 3.05) is 9.80 Å². The summed E-state index contributed by atoms with van der Waals surface area (Å²) < 4.78 is 15.1. The summed E-state index contributed by atoms with van der Waals surface area (Å²) in [6, 6.07) is 95.1. The first-order chi connectivity index (χ1) is 35.3. The second kappa shape index (κ2) is 16.4. The van der Waals surface area contributed by atoms with Crippen molar-refractivity contribution in [3.05, 3.63) is 289 Å². The third-order valence-electron chi connectivity index (χ3n) is 14.5. The van der Waals surface area contributed by atoms with Gasteiger partial charge in [-0.05, 0) is 129 Å². The molecule has 4 nitrogen and oxygen atoms in total. The first kappa shape index (κ1) is 40.7. The third kappa shape index (κ3) is 6.25. The van der Waals surface area contributed by atoms with Gasteiger partial charge in [0.15, 0.2) is 23.0 Å². The summed E-state index contributed by atoms with van der Waals surface area (Å²) in [7, 11) is 0. The maximum absolute atomic E-state index is 7.59. The van der Waals surface area contributed by atoms with Crippen LogP contribution in [-0.2, 0) is 5.41 Å². The molecule has 0 fully saturated rings. The van der Waals surface area contributed by atoms with E-state index in [1.54, 1.807) is 0 Å². The minimum absolute atomic E-state index is 0.543. The van der Waals surface area contributed by atoms with Crippen molar-refractivity contribution in [3.8, 4) is 67.5 Å². The number of para-hydroxylation sites is 6. The summed E-state index contributed by atoms with van der Waals surface area (Å²) in [6.07, 6.45) is 0. The van der Waals surface area contributed by atoms with E-state index in [4.69, 9.17) is 9.47 Å². The number of fused-ring (bicyclic) bond motifs is 12. The molecule has 1 spiro atoms. The summed E-state index contributed by atoms with van der Waals surface area (Å²) in [6.45, 7) is 0. The Bertz CT molecular complexity index is 3710. The van der Waals surface area contributed by atoms with Crippen LogP contribution in [0.15, 0.2) is 267 Å². The van der Waals surface area contributed by atoms with Crippen molar-refractivity contribution in [2.24, 2.45) is 0 Å². The predicted molar refractivity (Wildman–Crippen MR) is 290 cm³/mol. The van der Waals surface area contributed by atoms with Crippen LogP contribution in [0.5, 0.6) is 23.0 Å². The molecule has 0 saturated heterocycles. The van der Waals surface area contributed by atoms with E-state index >= 15 is 0 Å². The Morgan fingerprint density at radius 2 is 0.549 bits per heavy atom. The van der Waals surface area contributed by atoms with Crippen LogP contribution in [0.1, 0.15) is 22.3 Å². The fraction of sp³-hybridized carbons (Fsp3) is 0.0149. The average molecular weight is 909 g/mol. The van der Waals surface area contributed by atoms with E-state index in [1.807, 2.05) is 0 Å². The zero-order valence-electron chi connectivity index (χ0n) is 38.6. The van der Waals surface area contributed by atoms with Crippen molar-refractivity contribution < 1.29 is 9.47 Å². The van der Waals surface area contributed by atoms with Gasteiger partial charge >= 0.3 is 0 Å². The lowest BCUT2D eigenvalue weighted by Crippen LogP contribution is -2.25. The maximum Gasteiger partial charge on any atom is 0.178 e. The molecule has 14 rings (SSSR count). The van der Waals surface area contributed by atoms with Crippen LogP contribution in [0.2, 0.25) is 0 Å². The van der Waals surface area contributed by atoms with Gasteiger partial charge in [0, 0.05) is 45.0 Å². The summed E-state index contributed by atoms with van der Waals surface area (Å²) >= 11 is 0. The van der Waals surface area contributed by atoms with Crippen LogP contribution in [0.4, 0.5) is 34.1 Å². The first-order valence-corrected chi connectivity index (χ1v) is 24.3. The molecule has 1 aliphatic heterocycles. The molecule has 0 radical (unpaired) electrons. The van der Waals surface area contributed by atoms with Gasteiger partial charge in [0.2, 0.25) is 0 Å². The number of hydrogen-bond acceptors (Lipinski definition) is 4. The van der Waals surface area contributed by atoms with E-state index in [0.29, 0.717) is 23.0 Å². The zero-order valence-corrected chi connectivity index (χ0v) is 38.6. The molecule has 1 heterocycles. The van der Waals surface area contributed by atoms with E-state index in [9.17, 15) is 0 Å². The third-order valence-corrected chi connectivity index (χ3v) is 14.5. The summed E-state index contributed by atoms with van der Waals surface area (Å²) in [5.74, 6) is 2.65. The fourth-order valence-electron chi connectivity index (χ4n) is 11.6. The highest BCUT2D eigenvalue weighted by Crippen LogP contribution is 2.66. The Hall–Kier alpha value is -9.38. The molecule has 71 heavy (non-hydrogen) atoms. The standard InChI is InChI=1S/C67H44N2O2/c1-5-23-45(24-6-1)68(46-25-7-2-8-26-46)61-39-21-16-34-52(61)54-41-42-55(53-35-17-22-40-62(53)69(47-27-9-3-10-28-47)48-29-11-4-12-30-48)66-65(54)70-63-43-56-51-33-15-20-38-59(51)67(60(56)44-64(63)71-66)57-36-18-13-31-49(57)50-32-14-19-37-58(50)67/h1-44H. The number of nitrogens with zero attached hydrogens (tertiary/aromatic N) is 2. The predicted octanol–water partition coefficient (Wildman–Crippen LogP) is 18.2. The van der Waals surface area contributed by atoms with Crippen LogP contribution in [0.25, 0.3) is 44.5 Å². The van der Waals surface area contributed by atoms with Crippen molar-refractivity contribution in [3.63, 3.8) is 0 Å². The molecule has 3 aliphatic rings. The molecule has 334 valence electrons. The quantitative estimate of drug-likeness (QED) is 0.152. The zero-order chi connectivity index (χ0) is 46.9. The van der Waals surface area contributed by atoms with Crippen LogP contribution in [-0.4, -0.2) is 0 Å². The SMILES string of the molecule is c1ccc(N(c2ccccc2)c2ccccc2-c2ccc(-c3ccccc3N(c3ccccc3)c3ccccc3)c3c2Oc2cc4c(cc2O3)C2(c3ccccc3-c3ccccc32)c2ccccc2-4)cc1. The van der Waals surface area contributed by atoms with E-state index in [0.717, 1.165) is 61.9 Å². The molecular weight excluding hydrogens is 865 g/mol. The van der Waals surface area contributed by atoms with Crippen molar-refractivity contribution >= 4 is 34.1 Å². The number of rotatable bonds is 8. The summed E-state index contributed by atoms with van der Waals surface area (Å²) in [5, 5.41) is 0. The molecule has 11 aromatic rings. The Labute approximate surface area is 413 Å². The van der Waals surface area contributed by atoms with E-state index in [2.05, 4.69) is 277 Å². The minimum Gasteiger partial charge on any atom is -0.449 e. The molecular formula is C67H44N2O2. The van der Waals surface area contributed by atoms with Crippen LogP contribution < -0.4 is 19.3 Å². The molecule has 11 aromatic carbocycles. The summed E-state index contributed by atoms with van der Waals surface area (Å²) in [5.41, 5.74) is 19.4. The lowest BCUT2D eigenvalue weighted by molar-refractivity contribution is 0.361. The van der Waals surface area contributed by atoms with E-state index in [1.165, 1.54) is 38.9 Å². The molecule has 0 bridgehead atoms. The van der Waals surface area contributed by atoms with Crippen molar-refractivity contribution in [1.82, 2.24) is 0 Å².